The largest absolute Gasteiger partial charge is 0.480 e. The molecule has 0 aliphatic heterocycles. The number of carboxylic acid groups (broad SMARTS) is 2. The lowest BCUT2D eigenvalue weighted by Gasteiger charge is -2.29. The molecule has 5 aromatic carbocycles. The van der Waals surface area contributed by atoms with Gasteiger partial charge in [0.05, 0.1) is 0 Å². The number of carbonyl (C=O) groups excluding carboxylic acids is 1. The molecule has 0 radical (unpaired) electrons. The van der Waals surface area contributed by atoms with E-state index in [0.717, 1.165) is 38.2 Å². The topological polar surface area (TPSA) is 139 Å². The first-order chi connectivity index (χ1) is 22.7. The van der Waals surface area contributed by atoms with E-state index < -0.39 is 35.7 Å². The van der Waals surface area contributed by atoms with Crippen molar-refractivity contribution in [3.8, 4) is 0 Å². The predicted molar refractivity (Wildman–Crippen MR) is 190 cm³/mol. The van der Waals surface area contributed by atoms with Crippen molar-refractivity contribution < 1.29 is 29.3 Å². The Morgan fingerprint density at radius 2 is 1.25 bits per heavy atom. The van der Waals surface area contributed by atoms with Crippen LogP contribution in [0.2, 0.25) is 0 Å². The highest BCUT2D eigenvalue weighted by atomic mass is 16.6. The number of carbonyl (C=O) groups is 3. The van der Waals surface area contributed by atoms with Crippen LogP contribution in [0.15, 0.2) is 109 Å². The van der Waals surface area contributed by atoms with E-state index in [1.807, 2.05) is 91.0 Å². The van der Waals surface area contributed by atoms with Gasteiger partial charge in [-0.3, -0.25) is 4.79 Å². The summed E-state index contributed by atoms with van der Waals surface area (Å²) in [6.07, 6.45) is -0.236. The highest BCUT2D eigenvalue weighted by Gasteiger charge is 2.29. The minimum atomic E-state index is -1.11. The fraction of sp³-hybridized carbons (Fsp3) is 0.275. The van der Waals surface area contributed by atoms with E-state index in [2.05, 4.69) is 37.4 Å². The molecule has 8 nitrogen and oxygen atoms in total. The van der Waals surface area contributed by atoms with Crippen LogP contribution in [0, 0.1) is 0 Å². The van der Waals surface area contributed by atoms with Crippen molar-refractivity contribution in [3.63, 3.8) is 0 Å². The first-order valence-electron chi connectivity index (χ1n) is 15.9. The number of fused-ring (bicyclic) bond motifs is 2. The second-order valence-corrected chi connectivity index (χ2v) is 13.3. The third-order valence-corrected chi connectivity index (χ3v) is 8.21. The maximum absolute atomic E-state index is 12.2. The molecule has 0 fully saturated rings. The van der Waals surface area contributed by atoms with Gasteiger partial charge in [0.2, 0.25) is 0 Å². The lowest BCUT2D eigenvalue weighted by Crippen LogP contribution is -2.44. The van der Waals surface area contributed by atoms with Crippen LogP contribution in [0.1, 0.15) is 56.9 Å². The zero-order valence-electron chi connectivity index (χ0n) is 28.1. The molecule has 0 aliphatic rings. The summed E-state index contributed by atoms with van der Waals surface area (Å²) in [6.45, 7) is 9.56. The van der Waals surface area contributed by atoms with Crippen molar-refractivity contribution in [1.82, 2.24) is 5.32 Å². The molecular formula is C40H44N2O6. The van der Waals surface area contributed by atoms with Gasteiger partial charge in [-0.25, -0.2) is 9.59 Å². The van der Waals surface area contributed by atoms with Gasteiger partial charge in [0.15, 0.2) is 0 Å². The molecule has 0 saturated heterocycles. The van der Waals surface area contributed by atoms with Crippen molar-refractivity contribution >= 4 is 39.6 Å². The maximum atomic E-state index is 12.2. The molecule has 0 aromatic heterocycles. The quantitative estimate of drug-likeness (QED) is 0.130. The number of amides is 1. The van der Waals surface area contributed by atoms with Gasteiger partial charge in [-0.15, -0.1) is 0 Å². The summed E-state index contributed by atoms with van der Waals surface area (Å²) in [7, 11) is 0. The highest BCUT2D eigenvalue weighted by Crippen LogP contribution is 2.37. The molecule has 0 aliphatic carbocycles. The summed E-state index contributed by atoms with van der Waals surface area (Å²) in [5, 5.41) is 25.3. The van der Waals surface area contributed by atoms with Gasteiger partial charge in [-0.2, -0.15) is 0 Å². The van der Waals surface area contributed by atoms with E-state index in [4.69, 9.17) is 15.6 Å². The molecule has 48 heavy (non-hydrogen) atoms. The Morgan fingerprint density at radius 1 is 0.688 bits per heavy atom. The first-order valence-corrected chi connectivity index (χ1v) is 15.9. The summed E-state index contributed by atoms with van der Waals surface area (Å²) in [5.41, 5.74) is 8.66. The van der Waals surface area contributed by atoms with Crippen LogP contribution in [0.25, 0.3) is 21.5 Å². The Hall–Kier alpha value is -5.21. The number of alkyl carbamates (subject to hydrolysis) is 1. The molecule has 0 saturated carbocycles. The average Bonchev–Trinajstić information content (AvgIpc) is 3.04. The Kier molecular flexibility index (Phi) is 11.2. The van der Waals surface area contributed by atoms with E-state index >= 15 is 0 Å². The Bertz CT molecular complexity index is 1880. The zero-order valence-corrected chi connectivity index (χ0v) is 28.1. The van der Waals surface area contributed by atoms with Crippen molar-refractivity contribution in [3.05, 3.63) is 131 Å². The number of rotatable bonds is 9. The molecule has 0 heterocycles. The third-order valence-electron chi connectivity index (χ3n) is 8.21. The van der Waals surface area contributed by atoms with Gasteiger partial charge < -0.3 is 26.0 Å². The molecule has 250 valence electrons. The number of carboxylic acids is 2. The number of aliphatic carboxylic acids is 2. The Morgan fingerprint density at radius 3 is 1.88 bits per heavy atom. The van der Waals surface area contributed by atoms with E-state index in [1.165, 1.54) is 5.56 Å². The molecule has 5 rings (SSSR count). The van der Waals surface area contributed by atoms with Crippen LogP contribution in [0.5, 0.6) is 0 Å². The van der Waals surface area contributed by atoms with Gasteiger partial charge in [-0.05, 0) is 71.0 Å². The normalized spacial score (nSPS) is 12.8. The second kappa shape index (κ2) is 15.1. The summed E-state index contributed by atoms with van der Waals surface area (Å²) in [6, 6.07) is 34.1. The van der Waals surface area contributed by atoms with Crippen LogP contribution in [-0.4, -0.2) is 45.9 Å². The molecule has 0 spiro atoms. The minimum absolute atomic E-state index is 0.147. The fourth-order valence-corrected chi connectivity index (χ4v) is 5.78. The molecule has 5 aromatic rings. The van der Waals surface area contributed by atoms with Gasteiger partial charge >= 0.3 is 18.0 Å². The standard InChI is InChI=1S/C27H31NO4.C13H13NO2/c1-26(2,3)32-25(31)28-22(24(29)30)17-19-13-9-11-18-12-10-16-21(23(18)19)27(4,5)20-14-7-6-8-15-20;14-12(13(15)16)8-10-6-3-5-9-4-1-2-7-11(9)10/h6-16,22H,17H2,1-5H3,(H,28,31)(H,29,30);1-7,12H,8,14H2,(H,15,16)/t22-;/m0./s1. The van der Waals surface area contributed by atoms with Gasteiger partial charge in [0.1, 0.15) is 17.7 Å². The molecule has 5 N–H and O–H groups in total. The lowest BCUT2D eigenvalue weighted by molar-refractivity contribution is -0.140. The Balaban J connectivity index is 0.000000271. The summed E-state index contributed by atoms with van der Waals surface area (Å²) >= 11 is 0. The van der Waals surface area contributed by atoms with E-state index in [-0.39, 0.29) is 11.8 Å². The second-order valence-electron chi connectivity index (χ2n) is 13.3. The number of benzene rings is 5. The monoisotopic (exact) mass is 648 g/mol. The van der Waals surface area contributed by atoms with Crippen LogP contribution in [0.4, 0.5) is 4.79 Å². The van der Waals surface area contributed by atoms with Gasteiger partial charge in [0.25, 0.3) is 0 Å². The first kappa shape index (κ1) is 35.6. The number of nitrogens with one attached hydrogen (secondary N) is 1. The van der Waals surface area contributed by atoms with E-state index in [0.29, 0.717) is 6.42 Å². The van der Waals surface area contributed by atoms with Crippen molar-refractivity contribution in [2.24, 2.45) is 5.73 Å². The van der Waals surface area contributed by atoms with Crippen molar-refractivity contribution in [2.75, 3.05) is 0 Å². The van der Waals surface area contributed by atoms with Gasteiger partial charge in [-0.1, -0.05) is 123 Å². The lowest BCUT2D eigenvalue weighted by atomic mass is 9.75. The van der Waals surface area contributed by atoms with Gasteiger partial charge in [0, 0.05) is 11.8 Å². The third kappa shape index (κ3) is 8.98. The fourth-order valence-electron chi connectivity index (χ4n) is 5.78. The number of hydrogen-bond acceptors (Lipinski definition) is 5. The van der Waals surface area contributed by atoms with E-state index in [9.17, 15) is 19.5 Å². The predicted octanol–water partition coefficient (Wildman–Crippen LogP) is 7.48. The molecule has 1 amide bonds. The molecular weight excluding hydrogens is 604 g/mol. The Labute approximate surface area is 281 Å². The SMILES string of the molecule is CC(C)(C)OC(=O)N[C@@H](Cc1cccc2cccc(C(C)(C)c3ccccc3)c12)C(=O)O.NC(Cc1cccc2ccccc12)C(=O)O. The molecule has 8 heteroatoms. The minimum Gasteiger partial charge on any atom is -0.480 e. The smallest absolute Gasteiger partial charge is 0.408 e. The molecule has 0 bridgehead atoms. The average molecular weight is 649 g/mol. The highest BCUT2D eigenvalue weighted by molar-refractivity contribution is 5.91. The van der Waals surface area contributed by atoms with Crippen LogP contribution >= 0.6 is 0 Å². The molecule has 1 unspecified atom stereocenters. The summed E-state index contributed by atoms with van der Waals surface area (Å²) in [4.78, 5) is 34.9. The van der Waals surface area contributed by atoms with Crippen molar-refractivity contribution in [1.29, 1.82) is 0 Å². The van der Waals surface area contributed by atoms with Crippen LogP contribution in [-0.2, 0) is 32.6 Å². The van der Waals surface area contributed by atoms with E-state index in [1.54, 1.807) is 20.8 Å². The number of hydrogen-bond donors (Lipinski definition) is 4. The summed E-state index contributed by atoms with van der Waals surface area (Å²) in [5.74, 6) is -2.07. The summed E-state index contributed by atoms with van der Waals surface area (Å²) < 4.78 is 5.27. The molecule has 2 atom stereocenters. The zero-order chi connectivity index (χ0) is 35.1. The maximum Gasteiger partial charge on any atom is 0.408 e. The van der Waals surface area contributed by atoms with Crippen molar-refractivity contribution in [2.45, 2.75) is 70.6 Å². The van der Waals surface area contributed by atoms with Crippen LogP contribution in [0.3, 0.4) is 0 Å². The van der Waals surface area contributed by atoms with Crippen LogP contribution < -0.4 is 11.1 Å². The number of ether oxygens (including phenoxy) is 1. The number of nitrogens with two attached hydrogens (primary N) is 1.